The van der Waals surface area contributed by atoms with Crippen molar-refractivity contribution < 1.29 is 18.7 Å². The molecule has 1 aromatic carbocycles. The zero-order chi connectivity index (χ0) is 18.0. The van der Waals surface area contributed by atoms with Gasteiger partial charge in [0.05, 0.1) is 25.8 Å². The first-order valence-corrected chi connectivity index (χ1v) is 8.12. The molecule has 1 aromatic heterocycles. The molecular weight excluding hydrogens is 320 g/mol. The van der Waals surface area contributed by atoms with Crippen LogP contribution in [0.2, 0.25) is 0 Å². The maximum Gasteiger partial charge on any atom is 0.257 e. The van der Waals surface area contributed by atoms with Gasteiger partial charge in [-0.05, 0) is 38.0 Å². The molecule has 1 atom stereocenters. The van der Waals surface area contributed by atoms with Crippen LogP contribution in [0.5, 0.6) is 11.5 Å². The van der Waals surface area contributed by atoms with Gasteiger partial charge in [0.2, 0.25) is 5.76 Å². The Hall–Kier alpha value is -2.94. The summed E-state index contributed by atoms with van der Waals surface area (Å²) in [6.45, 7) is 2.35. The molecule has 1 fully saturated rings. The summed E-state index contributed by atoms with van der Waals surface area (Å²) in [5.74, 6) is 1.93. The first kappa shape index (κ1) is 16.9. The molecule has 6 heteroatoms. The van der Waals surface area contributed by atoms with Gasteiger partial charge < -0.3 is 18.8 Å². The molecule has 6 nitrogen and oxygen atoms in total. The highest BCUT2D eigenvalue weighted by Crippen LogP contribution is 2.39. The van der Waals surface area contributed by atoms with Gasteiger partial charge in [-0.2, -0.15) is 5.26 Å². The van der Waals surface area contributed by atoms with Crippen LogP contribution in [0.1, 0.15) is 46.3 Å². The van der Waals surface area contributed by atoms with Crippen LogP contribution in [-0.4, -0.2) is 31.6 Å². The van der Waals surface area contributed by atoms with E-state index in [4.69, 9.17) is 19.2 Å². The summed E-state index contributed by atoms with van der Waals surface area (Å²) in [6.07, 6.45) is 1.75. The highest BCUT2D eigenvalue weighted by molar-refractivity contribution is 5.96. The molecule has 3 rings (SSSR count). The summed E-state index contributed by atoms with van der Waals surface area (Å²) < 4.78 is 16.1. The monoisotopic (exact) mass is 340 g/mol. The van der Waals surface area contributed by atoms with E-state index in [0.29, 0.717) is 17.9 Å². The lowest BCUT2D eigenvalue weighted by atomic mass is 10.0. The predicted molar refractivity (Wildman–Crippen MR) is 90.7 cm³/mol. The average molecular weight is 340 g/mol. The largest absolute Gasteiger partial charge is 0.497 e. The molecule has 1 saturated heterocycles. The summed E-state index contributed by atoms with van der Waals surface area (Å²) in [4.78, 5) is 14.8. The maximum atomic E-state index is 13.0. The second-order valence-corrected chi connectivity index (χ2v) is 5.96. The zero-order valence-corrected chi connectivity index (χ0v) is 14.5. The minimum absolute atomic E-state index is 0.0996. The van der Waals surface area contributed by atoms with Crippen molar-refractivity contribution in [1.29, 1.82) is 5.26 Å². The molecule has 25 heavy (non-hydrogen) atoms. The minimum atomic E-state index is -0.130. The fourth-order valence-corrected chi connectivity index (χ4v) is 3.34. The van der Waals surface area contributed by atoms with Crippen molar-refractivity contribution in [3.8, 4) is 17.6 Å². The number of nitrogens with zero attached hydrogens (tertiary/aromatic N) is 2. The maximum absolute atomic E-state index is 13.0. The second-order valence-electron chi connectivity index (χ2n) is 5.96. The van der Waals surface area contributed by atoms with E-state index in [-0.39, 0.29) is 17.7 Å². The molecule has 1 unspecified atom stereocenters. The SMILES string of the molecule is COc1ccc(OC)c(C2CCCN2C(=O)c2cc(C#N)oc2C)c1. The molecule has 130 valence electrons. The number of benzene rings is 1. The van der Waals surface area contributed by atoms with Gasteiger partial charge in [0.15, 0.2) is 0 Å². The van der Waals surface area contributed by atoms with Crippen LogP contribution in [0.15, 0.2) is 28.7 Å². The van der Waals surface area contributed by atoms with E-state index in [9.17, 15) is 4.79 Å². The van der Waals surface area contributed by atoms with Crippen molar-refractivity contribution in [2.45, 2.75) is 25.8 Å². The standard InChI is InChI=1S/C19H20N2O4/c1-12-15(10-14(11-20)25-12)19(22)21-8-4-5-17(21)16-9-13(23-2)6-7-18(16)24-3/h6-7,9-10,17H,4-5,8H2,1-3H3. The van der Waals surface area contributed by atoms with Crippen LogP contribution in [-0.2, 0) is 0 Å². The van der Waals surface area contributed by atoms with E-state index < -0.39 is 0 Å². The van der Waals surface area contributed by atoms with Crippen molar-refractivity contribution in [2.75, 3.05) is 20.8 Å². The lowest BCUT2D eigenvalue weighted by molar-refractivity contribution is 0.0732. The Kier molecular flexibility index (Phi) is 4.66. The third kappa shape index (κ3) is 3.05. The third-order valence-corrected chi connectivity index (χ3v) is 4.57. The lowest BCUT2D eigenvalue weighted by Gasteiger charge is -2.26. The molecular formula is C19H20N2O4. The Morgan fingerprint density at radius 2 is 2.12 bits per heavy atom. The summed E-state index contributed by atoms with van der Waals surface area (Å²) in [7, 11) is 3.23. The van der Waals surface area contributed by atoms with Gasteiger partial charge in [0.1, 0.15) is 23.3 Å². The number of carbonyl (C=O) groups excluding carboxylic acids is 1. The Labute approximate surface area is 146 Å². The fourth-order valence-electron chi connectivity index (χ4n) is 3.34. The number of carbonyl (C=O) groups is 1. The number of rotatable bonds is 4. The highest BCUT2D eigenvalue weighted by Gasteiger charge is 2.34. The van der Waals surface area contributed by atoms with Gasteiger partial charge in [0.25, 0.3) is 5.91 Å². The van der Waals surface area contributed by atoms with Crippen LogP contribution < -0.4 is 9.47 Å². The van der Waals surface area contributed by atoms with E-state index in [2.05, 4.69) is 0 Å². The fraction of sp³-hybridized carbons (Fsp3) is 0.368. The minimum Gasteiger partial charge on any atom is -0.497 e. The summed E-state index contributed by atoms with van der Waals surface area (Å²) >= 11 is 0. The lowest BCUT2D eigenvalue weighted by Crippen LogP contribution is -2.31. The second kappa shape index (κ2) is 6.89. The van der Waals surface area contributed by atoms with Crippen molar-refractivity contribution in [3.05, 3.63) is 46.9 Å². The van der Waals surface area contributed by atoms with Crippen molar-refractivity contribution >= 4 is 5.91 Å². The average Bonchev–Trinajstić information content (AvgIpc) is 3.27. The molecule has 1 aliphatic heterocycles. The van der Waals surface area contributed by atoms with E-state index in [0.717, 1.165) is 29.9 Å². The molecule has 0 bridgehead atoms. The first-order chi connectivity index (χ1) is 12.1. The van der Waals surface area contributed by atoms with Crippen molar-refractivity contribution in [2.24, 2.45) is 0 Å². The number of ether oxygens (including phenoxy) is 2. The smallest absolute Gasteiger partial charge is 0.257 e. The third-order valence-electron chi connectivity index (χ3n) is 4.57. The van der Waals surface area contributed by atoms with Crippen molar-refractivity contribution in [3.63, 3.8) is 0 Å². The van der Waals surface area contributed by atoms with Crippen LogP contribution in [0.3, 0.4) is 0 Å². The van der Waals surface area contributed by atoms with Crippen LogP contribution in [0.4, 0.5) is 0 Å². The van der Waals surface area contributed by atoms with Gasteiger partial charge in [-0.1, -0.05) is 0 Å². The highest BCUT2D eigenvalue weighted by atomic mass is 16.5. The van der Waals surface area contributed by atoms with Gasteiger partial charge >= 0.3 is 0 Å². The number of aryl methyl sites for hydroxylation is 1. The molecule has 2 aromatic rings. The Bertz CT molecular complexity index is 834. The van der Waals surface area contributed by atoms with Crippen molar-refractivity contribution in [1.82, 2.24) is 4.90 Å². The Balaban J connectivity index is 1.97. The molecule has 0 N–H and O–H groups in total. The van der Waals surface area contributed by atoms with E-state index in [1.165, 1.54) is 6.07 Å². The Morgan fingerprint density at radius 3 is 2.76 bits per heavy atom. The molecule has 0 radical (unpaired) electrons. The number of amides is 1. The predicted octanol–water partition coefficient (Wildman–Crippen LogP) is 3.45. The number of nitriles is 1. The van der Waals surface area contributed by atoms with Gasteiger partial charge in [-0.15, -0.1) is 0 Å². The molecule has 0 aliphatic carbocycles. The summed E-state index contributed by atoms with van der Waals surface area (Å²) in [6, 6.07) is 8.95. The molecule has 2 heterocycles. The Morgan fingerprint density at radius 1 is 1.32 bits per heavy atom. The molecule has 1 amide bonds. The van der Waals surface area contributed by atoms with Gasteiger partial charge in [-0.3, -0.25) is 4.79 Å². The number of hydrogen-bond donors (Lipinski definition) is 0. The quantitative estimate of drug-likeness (QED) is 0.852. The van der Waals surface area contributed by atoms with Crippen LogP contribution in [0.25, 0.3) is 0 Å². The molecule has 0 spiro atoms. The van der Waals surface area contributed by atoms with Gasteiger partial charge in [0, 0.05) is 18.2 Å². The summed E-state index contributed by atoms with van der Waals surface area (Å²) in [5.41, 5.74) is 1.36. The number of methoxy groups -OCH3 is 2. The van der Waals surface area contributed by atoms with Gasteiger partial charge in [-0.25, -0.2) is 0 Å². The zero-order valence-electron chi connectivity index (χ0n) is 14.5. The van der Waals surface area contributed by atoms with E-state index >= 15 is 0 Å². The first-order valence-electron chi connectivity index (χ1n) is 8.12. The van der Waals surface area contributed by atoms with E-state index in [1.807, 2.05) is 29.2 Å². The van der Waals surface area contributed by atoms with Crippen LogP contribution >= 0.6 is 0 Å². The number of furan rings is 1. The normalized spacial score (nSPS) is 16.6. The number of hydrogen-bond acceptors (Lipinski definition) is 5. The molecule has 1 aliphatic rings. The van der Waals surface area contributed by atoms with Crippen LogP contribution in [0, 0.1) is 18.3 Å². The molecule has 0 saturated carbocycles. The van der Waals surface area contributed by atoms with E-state index in [1.54, 1.807) is 21.1 Å². The topological polar surface area (TPSA) is 75.7 Å². The number of likely N-dealkylation sites (tertiary alicyclic amines) is 1. The summed E-state index contributed by atoms with van der Waals surface area (Å²) in [5, 5.41) is 8.98.